The number of hydrogen-bond donors (Lipinski definition) is 1. The van der Waals surface area contributed by atoms with E-state index in [0.717, 1.165) is 9.56 Å². The van der Waals surface area contributed by atoms with Crippen LogP contribution in [0.25, 0.3) is 10.8 Å². The number of carbonyl (C=O) groups is 1. The molecular weight excluding hydrogens is 378 g/mol. The van der Waals surface area contributed by atoms with Crippen molar-refractivity contribution in [3.63, 3.8) is 0 Å². The number of nitrogens with zero attached hydrogens (tertiary/aromatic N) is 2. The zero-order valence-electron chi connectivity index (χ0n) is 14.6. The van der Waals surface area contributed by atoms with Crippen LogP contribution in [0.4, 0.5) is 5.69 Å². The molecule has 0 aliphatic heterocycles. The summed E-state index contributed by atoms with van der Waals surface area (Å²) < 4.78 is 11.9. The van der Waals surface area contributed by atoms with Crippen molar-refractivity contribution in [3.05, 3.63) is 82.7 Å². The van der Waals surface area contributed by atoms with Crippen LogP contribution in [-0.2, 0) is 11.3 Å². The molecule has 0 aliphatic carbocycles. The molecule has 4 rings (SSSR count). The van der Waals surface area contributed by atoms with Crippen LogP contribution in [0.15, 0.2) is 81.3 Å². The van der Waals surface area contributed by atoms with Gasteiger partial charge in [-0.3, -0.25) is 4.79 Å². The molecule has 2 aromatic heterocycles. The maximum atomic E-state index is 12.4. The summed E-state index contributed by atoms with van der Waals surface area (Å²) in [6.45, 7) is -0.270. The Morgan fingerprint density at radius 2 is 1.86 bits per heavy atom. The topological polar surface area (TPSA) is 86.4 Å². The highest BCUT2D eigenvalue weighted by molar-refractivity contribution is 7.13. The molecule has 1 amide bonds. The molecule has 0 fully saturated rings. The number of ether oxygens (including phenoxy) is 1. The molecule has 140 valence electrons. The van der Waals surface area contributed by atoms with E-state index in [1.807, 2.05) is 47.8 Å². The van der Waals surface area contributed by atoms with E-state index in [9.17, 15) is 9.59 Å². The molecule has 7 nitrogen and oxygen atoms in total. The van der Waals surface area contributed by atoms with Gasteiger partial charge in [0.1, 0.15) is 12.3 Å². The Morgan fingerprint density at radius 1 is 1.07 bits per heavy atom. The quantitative estimate of drug-likeness (QED) is 0.535. The number of anilines is 1. The fourth-order valence-electron chi connectivity index (χ4n) is 2.51. The molecule has 4 aromatic rings. The normalized spacial score (nSPS) is 10.6. The van der Waals surface area contributed by atoms with Gasteiger partial charge in [0.15, 0.2) is 5.75 Å². The molecule has 0 unspecified atom stereocenters. The first kappa shape index (κ1) is 17.7. The second kappa shape index (κ2) is 7.93. The number of para-hydroxylation sites is 3. The van der Waals surface area contributed by atoms with Crippen LogP contribution in [0.3, 0.4) is 0 Å². The minimum absolute atomic E-state index is 0.195. The van der Waals surface area contributed by atoms with Crippen molar-refractivity contribution in [1.29, 1.82) is 0 Å². The fourth-order valence-corrected chi connectivity index (χ4v) is 3.15. The van der Waals surface area contributed by atoms with Gasteiger partial charge in [-0.15, -0.1) is 16.4 Å². The zero-order valence-corrected chi connectivity index (χ0v) is 15.4. The maximum absolute atomic E-state index is 12.4. The lowest BCUT2D eigenvalue weighted by molar-refractivity contribution is -0.117. The molecule has 0 spiro atoms. The first-order valence-corrected chi connectivity index (χ1v) is 9.30. The van der Waals surface area contributed by atoms with Crippen molar-refractivity contribution >= 4 is 22.9 Å². The lowest BCUT2D eigenvalue weighted by Crippen LogP contribution is -2.26. The largest absolute Gasteiger partial charge is 0.455 e. The summed E-state index contributed by atoms with van der Waals surface area (Å²) in [5.74, 6) is 0.233. The van der Waals surface area contributed by atoms with Crippen molar-refractivity contribution in [2.75, 3.05) is 5.32 Å². The van der Waals surface area contributed by atoms with Gasteiger partial charge in [0, 0.05) is 0 Å². The Balaban J connectivity index is 1.48. The molecular formula is C20H15N3O4S. The van der Waals surface area contributed by atoms with Gasteiger partial charge in [0.05, 0.1) is 10.6 Å². The van der Waals surface area contributed by atoms with Crippen molar-refractivity contribution in [2.45, 2.75) is 6.54 Å². The van der Waals surface area contributed by atoms with Crippen LogP contribution in [-0.4, -0.2) is 15.7 Å². The van der Waals surface area contributed by atoms with Gasteiger partial charge in [-0.25, -0.2) is 4.79 Å². The lowest BCUT2D eigenvalue weighted by Gasteiger charge is -2.12. The summed E-state index contributed by atoms with van der Waals surface area (Å²) in [6.07, 6.45) is 0. The van der Waals surface area contributed by atoms with Crippen LogP contribution in [0, 0.1) is 0 Å². The second-order valence-electron chi connectivity index (χ2n) is 5.77. The molecule has 2 heterocycles. The molecule has 0 atom stereocenters. The van der Waals surface area contributed by atoms with E-state index in [1.54, 1.807) is 24.3 Å². The molecule has 2 aromatic carbocycles. The Labute approximate surface area is 163 Å². The Morgan fingerprint density at radius 3 is 2.64 bits per heavy atom. The molecule has 8 heteroatoms. The first-order valence-electron chi connectivity index (χ1n) is 8.42. The summed E-state index contributed by atoms with van der Waals surface area (Å²) in [4.78, 5) is 25.1. The molecule has 0 aliphatic rings. The Bertz CT molecular complexity index is 1130. The average Bonchev–Trinajstić information content (AvgIpc) is 3.35. The van der Waals surface area contributed by atoms with Gasteiger partial charge in [0.25, 0.3) is 5.89 Å². The molecule has 0 bridgehead atoms. The van der Waals surface area contributed by atoms with E-state index in [1.165, 1.54) is 11.3 Å². The predicted molar refractivity (Wildman–Crippen MR) is 106 cm³/mol. The molecule has 0 saturated carbocycles. The summed E-state index contributed by atoms with van der Waals surface area (Å²) in [5, 5.41) is 8.68. The highest BCUT2D eigenvalue weighted by atomic mass is 32.1. The number of hydrogen-bond acceptors (Lipinski definition) is 6. The standard InChI is InChI=1S/C20H15N3O4S/c24-18(13-23-20(25)27-19(22-23)17-11-6-12-28-17)21-15-9-4-5-10-16(15)26-14-7-2-1-3-8-14/h1-12H,13H2,(H,21,24). The van der Waals surface area contributed by atoms with Gasteiger partial charge >= 0.3 is 5.76 Å². The summed E-state index contributed by atoms with van der Waals surface area (Å²) in [6, 6.07) is 19.9. The summed E-state index contributed by atoms with van der Waals surface area (Å²) in [5.41, 5.74) is 0.492. The van der Waals surface area contributed by atoms with E-state index >= 15 is 0 Å². The van der Waals surface area contributed by atoms with Crippen LogP contribution >= 0.6 is 11.3 Å². The van der Waals surface area contributed by atoms with Gasteiger partial charge in [0.2, 0.25) is 5.91 Å². The Hall–Kier alpha value is -3.65. The van der Waals surface area contributed by atoms with E-state index in [4.69, 9.17) is 9.15 Å². The van der Waals surface area contributed by atoms with Gasteiger partial charge in [-0.1, -0.05) is 36.4 Å². The second-order valence-corrected chi connectivity index (χ2v) is 6.72. The number of thiophene rings is 1. The number of aromatic nitrogens is 2. The van der Waals surface area contributed by atoms with Gasteiger partial charge in [-0.05, 0) is 35.7 Å². The molecule has 28 heavy (non-hydrogen) atoms. The number of amides is 1. The van der Waals surface area contributed by atoms with Crippen LogP contribution in [0.2, 0.25) is 0 Å². The SMILES string of the molecule is O=C(Cn1nc(-c2cccs2)oc1=O)Nc1ccccc1Oc1ccccc1. The third-order valence-electron chi connectivity index (χ3n) is 3.76. The third kappa shape index (κ3) is 4.02. The minimum Gasteiger partial charge on any atom is -0.455 e. The average molecular weight is 393 g/mol. The fraction of sp³-hybridized carbons (Fsp3) is 0.0500. The first-order chi connectivity index (χ1) is 13.7. The maximum Gasteiger partial charge on any atom is 0.437 e. The number of rotatable bonds is 6. The Kier molecular flexibility index (Phi) is 5.03. The third-order valence-corrected chi connectivity index (χ3v) is 4.62. The number of benzene rings is 2. The van der Waals surface area contributed by atoms with E-state index in [0.29, 0.717) is 17.2 Å². The van der Waals surface area contributed by atoms with Crippen molar-refractivity contribution in [1.82, 2.24) is 9.78 Å². The highest BCUT2D eigenvalue weighted by Gasteiger charge is 2.15. The predicted octanol–water partition coefficient (Wildman–Crippen LogP) is 4.00. The van der Waals surface area contributed by atoms with Crippen LogP contribution in [0.5, 0.6) is 11.5 Å². The zero-order chi connectivity index (χ0) is 19.3. The van der Waals surface area contributed by atoms with E-state index < -0.39 is 11.7 Å². The molecule has 0 saturated heterocycles. The molecule has 0 radical (unpaired) electrons. The van der Waals surface area contributed by atoms with E-state index in [-0.39, 0.29) is 12.4 Å². The van der Waals surface area contributed by atoms with Gasteiger partial charge in [-0.2, -0.15) is 4.68 Å². The smallest absolute Gasteiger partial charge is 0.437 e. The van der Waals surface area contributed by atoms with Crippen LogP contribution in [0.1, 0.15) is 0 Å². The van der Waals surface area contributed by atoms with Gasteiger partial charge < -0.3 is 14.5 Å². The minimum atomic E-state index is -0.688. The number of carbonyl (C=O) groups excluding carboxylic acids is 1. The monoisotopic (exact) mass is 393 g/mol. The van der Waals surface area contributed by atoms with Crippen molar-refractivity contribution in [2.24, 2.45) is 0 Å². The number of nitrogens with one attached hydrogen (secondary N) is 1. The highest BCUT2D eigenvalue weighted by Crippen LogP contribution is 2.29. The van der Waals surface area contributed by atoms with E-state index in [2.05, 4.69) is 10.4 Å². The van der Waals surface area contributed by atoms with Crippen molar-refractivity contribution in [3.8, 4) is 22.3 Å². The summed E-state index contributed by atoms with van der Waals surface area (Å²) >= 11 is 1.40. The van der Waals surface area contributed by atoms with Crippen LogP contribution < -0.4 is 15.8 Å². The van der Waals surface area contributed by atoms with Crippen molar-refractivity contribution < 1.29 is 13.9 Å². The lowest BCUT2D eigenvalue weighted by atomic mass is 10.3. The summed E-state index contributed by atoms with van der Waals surface area (Å²) in [7, 11) is 0. The molecule has 1 N–H and O–H groups in total.